The fourth-order valence-electron chi connectivity index (χ4n) is 3.45. The van der Waals surface area contributed by atoms with E-state index in [4.69, 9.17) is 5.73 Å². The topological polar surface area (TPSA) is 133 Å². The van der Waals surface area contributed by atoms with Gasteiger partial charge in [0.05, 0.1) is 6.04 Å². The first-order valence-corrected chi connectivity index (χ1v) is 9.56. The third-order valence-corrected chi connectivity index (χ3v) is 4.87. The normalized spacial score (nSPS) is 18.7. The van der Waals surface area contributed by atoms with Crippen molar-refractivity contribution in [2.24, 2.45) is 11.7 Å². The van der Waals surface area contributed by atoms with Crippen LogP contribution in [0.15, 0.2) is 24.3 Å². The van der Waals surface area contributed by atoms with Crippen LogP contribution in [0, 0.1) is 5.92 Å². The van der Waals surface area contributed by atoms with Gasteiger partial charge >= 0.3 is 5.97 Å². The number of benzene rings is 1. The van der Waals surface area contributed by atoms with Gasteiger partial charge < -0.3 is 26.2 Å². The molecule has 2 rings (SSSR count). The third-order valence-electron chi connectivity index (χ3n) is 4.87. The van der Waals surface area contributed by atoms with Gasteiger partial charge in [-0.2, -0.15) is 0 Å². The molecule has 0 radical (unpaired) electrons. The first kappa shape index (κ1) is 21.7. The number of carbonyl (C=O) groups is 3. The molecule has 0 bridgehead atoms. The van der Waals surface area contributed by atoms with Crippen LogP contribution in [0.4, 0.5) is 0 Å². The second kappa shape index (κ2) is 9.54. The number of aliphatic carboxylic acids is 1. The summed E-state index contributed by atoms with van der Waals surface area (Å²) in [6, 6.07) is 3.95. The minimum absolute atomic E-state index is 0.112. The van der Waals surface area contributed by atoms with Crippen LogP contribution in [-0.4, -0.2) is 57.6 Å². The zero-order chi connectivity index (χ0) is 20.8. The molecule has 2 amide bonds. The van der Waals surface area contributed by atoms with Crippen molar-refractivity contribution >= 4 is 17.8 Å². The molecule has 0 saturated carbocycles. The highest BCUT2D eigenvalue weighted by Gasteiger charge is 2.37. The number of carboxylic acids is 1. The van der Waals surface area contributed by atoms with Crippen LogP contribution in [-0.2, 0) is 20.8 Å². The highest BCUT2D eigenvalue weighted by atomic mass is 16.4. The van der Waals surface area contributed by atoms with Crippen molar-refractivity contribution in [2.75, 3.05) is 6.54 Å². The molecule has 5 N–H and O–H groups in total. The van der Waals surface area contributed by atoms with Crippen LogP contribution in [0.3, 0.4) is 0 Å². The predicted octanol–water partition coefficient (Wildman–Crippen LogP) is 0.869. The van der Waals surface area contributed by atoms with Crippen molar-refractivity contribution in [3.8, 4) is 5.75 Å². The van der Waals surface area contributed by atoms with E-state index in [-0.39, 0.29) is 24.0 Å². The quantitative estimate of drug-likeness (QED) is 0.520. The fourth-order valence-corrected chi connectivity index (χ4v) is 3.45. The van der Waals surface area contributed by atoms with E-state index < -0.39 is 30.0 Å². The number of hydrogen-bond acceptors (Lipinski definition) is 5. The molecule has 28 heavy (non-hydrogen) atoms. The van der Waals surface area contributed by atoms with Crippen molar-refractivity contribution in [2.45, 2.75) is 57.7 Å². The van der Waals surface area contributed by atoms with Crippen LogP contribution >= 0.6 is 0 Å². The molecular formula is C20H29N3O5. The fraction of sp³-hybridized carbons (Fsp3) is 0.550. The molecule has 3 atom stereocenters. The maximum absolute atomic E-state index is 12.8. The van der Waals surface area contributed by atoms with E-state index in [1.165, 1.54) is 17.0 Å². The molecule has 1 heterocycles. The van der Waals surface area contributed by atoms with Crippen molar-refractivity contribution < 1.29 is 24.6 Å². The number of phenols is 1. The van der Waals surface area contributed by atoms with Crippen LogP contribution < -0.4 is 11.1 Å². The third kappa shape index (κ3) is 5.69. The first-order chi connectivity index (χ1) is 13.2. The predicted molar refractivity (Wildman–Crippen MR) is 104 cm³/mol. The maximum Gasteiger partial charge on any atom is 0.326 e. The minimum atomic E-state index is -1.08. The van der Waals surface area contributed by atoms with Gasteiger partial charge in [-0.05, 0) is 49.3 Å². The average Bonchev–Trinajstić information content (AvgIpc) is 3.11. The zero-order valence-corrected chi connectivity index (χ0v) is 16.3. The molecular weight excluding hydrogens is 362 g/mol. The summed E-state index contributed by atoms with van der Waals surface area (Å²) in [4.78, 5) is 38.3. The van der Waals surface area contributed by atoms with Gasteiger partial charge in [-0.3, -0.25) is 9.59 Å². The maximum atomic E-state index is 12.8. The number of phenolic OH excluding ortho intramolecular Hbond substituents is 1. The lowest BCUT2D eigenvalue weighted by molar-refractivity contribution is -0.144. The Morgan fingerprint density at radius 1 is 1.25 bits per heavy atom. The average molecular weight is 391 g/mol. The Morgan fingerprint density at radius 2 is 1.89 bits per heavy atom. The molecule has 1 aromatic rings. The van der Waals surface area contributed by atoms with Gasteiger partial charge in [-0.15, -0.1) is 0 Å². The monoisotopic (exact) mass is 391 g/mol. The molecule has 0 aliphatic carbocycles. The Morgan fingerprint density at radius 3 is 2.46 bits per heavy atom. The van der Waals surface area contributed by atoms with Crippen molar-refractivity contribution in [1.29, 1.82) is 0 Å². The van der Waals surface area contributed by atoms with Gasteiger partial charge in [-0.25, -0.2) is 4.79 Å². The molecule has 0 spiro atoms. The van der Waals surface area contributed by atoms with Crippen LogP contribution in [0.2, 0.25) is 0 Å². The van der Waals surface area contributed by atoms with E-state index in [1.807, 2.05) is 13.8 Å². The molecule has 154 valence electrons. The second-order valence-electron chi connectivity index (χ2n) is 7.70. The van der Waals surface area contributed by atoms with Gasteiger partial charge in [0.25, 0.3) is 0 Å². The number of likely N-dealkylation sites (tertiary alicyclic amines) is 1. The van der Waals surface area contributed by atoms with Gasteiger partial charge in [-0.1, -0.05) is 26.0 Å². The van der Waals surface area contributed by atoms with Crippen molar-refractivity contribution in [1.82, 2.24) is 10.2 Å². The molecule has 1 saturated heterocycles. The Labute approximate surface area is 164 Å². The molecule has 0 aromatic heterocycles. The molecule has 8 heteroatoms. The molecule has 1 fully saturated rings. The summed E-state index contributed by atoms with van der Waals surface area (Å²) < 4.78 is 0. The Bertz CT molecular complexity index is 704. The van der Waals surface area contributed by atoms with Gasteiger partial charge in [0.2, 0.25) is 11.8 Å². The molecule has 8 nitrogen and oxygen atoms in total. The number of carbonyl (C=O) groups excluding carboxylic acids is 2. The van der Waals surface area contributed by atoms with Crippen LogP contribution in [0.1, 0.15) is 38.7 Å². The largest absolute Gasteiger partial charge is 0.508 e. The van der Waals surface area contributed by atoms with Crippen molar-refractivity contribution in [3.05, 3.63) is 29.8 Å². The molecule has 1 aliphatic heterocycles. The van der Waals surface area contributed by atoms with Crippen LogP contribution in [0.5, 0.6) is 5.75 Å². The smallest absolute Gasteiger partial charge is 0.326 e. The number of carboxylic acid groups (broad SMARTS) is 1. The Kier molecular flexibility index (Phi) is 7.39. The van der Waals surface area contributed by atoms with E-state index in [0.29, 0.717) is 25.8 Å². The number of rotatable bonds is 8. The molecule has 1 aliphatic rings. The van der Waals surface area contributed by atoms with E-state index in [9.17, 15) is 24.6 Å². The summed E-state index contributed by atoms with van der Waals surface area (Å²) in [5, 5.41) is 21.2. The first-order valence-electron chi connectivity index (χ1n) is 9.56. The SMILES string of the molecule is CC(C)C[C@H](NC(=O)[C@@H]1CCCN1C(=O)[C@@H](N)Cc1ccc(O)cc1)C(=O)O. The number of nitrogens with two attached hydrogens (primary N) is 1. The summed E-state index contributed by atoms with van der Waals surface area (Å²) in [7, 11) is 0. The highest BCUT2D eigenvalue weighted by Crippen LogP contribution is 2.20. The summed E-state index contributed by atoms with van der Waals surface area (Å²) in [5.41, 5.74) is 6.87. The van der Waals surface area contributed by atoms with Gasteiger partial charge in [0, 0.05) is 6.54 Å². The lowest BCUT2D eigenvalue weighted by Gasteiger charge is -2.28. The second-order valence-corrected chi connectivity index (χ2v) is 7.70. The molecule has 0 unspecified atom stereocenters. The Balaban J connectivity index is 2.01. The number of nitrogens with one attached hydrogen (secondary N) is 1. The zero-order valence-electron chi connectivity index (χ0n) is 16.3. The summed E-state index contributed by atoms with van der Waals surface area (Å²) in [5.74, 6) is -1.62. The van der Waals surface area contributed by atoms with E-state index >= 15 is 0 Å². The summed E-state index contributed by atoms with van der Waals surface area (Å²) in [6.07, 6.45) is 1.76. The van der Waals surface area contributed by atoms with Crippen molar-refractivity contribution in [3.63, 3.8) is 0 Å². The standard InChI is InChI=1S/C20H29N3O5/c1-12(2)10-16(20(27)28)22-18(25)17-4-3-9-23(17)19(26)15(21)11-13-5-7-14(24)8-6-13/h5-8,12,15-17,24H,3-4,9-11,21H2,1-2H3,(H,22,25)(H,27,28)/t15-,16-,17-/m0/s1. The van der Waals surface area contributed by atoms with Crippen LogP contribution in [0.25, 0.3) is 0 Å². The number of nitrogens with zero attached hydrogens (tertiary/aromatic N) is 1. The van der Waals surface area contributed by atoms with E-state index in [0.717, 1.165) is 5.56 Å². The minimum Gasteiger partial charge on any atom is -0.508 e. The number of aromatic hydroxyl groups is 1. The van der Waals surface area contributed by atoms with Gasteiger partial charge in [0.1, 0.15) is 17.8 Å². The summed E-state index contributed by atoms with van der Waals surface area (Å²) in [6.45, 7) is 4.19. The van der Waals surface area contributed by atoms with Gasteiger partial charge in [0.15, 0.2) is 0 Å². The van der Waals surface area contributed by atoms with E-state index in [2.05, 4.69) is 5.32 Å². The lowest BCUT2D eigenvalue weighted by atomic mass is 10.0. The van der Waals surface area contributed by atoms with E-state index in [1.54, 1.807) is 12.1 Å². The number of hydrogen-bond donors (Lipinski definition) is 4. The lowest BCUT2D eigenvalue weighted by Crippen LogP contribution is -2.54. The highest BCUT2D eigenvalue weighted by molar-refractivity contribution is 5.92. The number of amides is 2. The molecule has 1 aromatic carbocycles. The Hall–Kier alpha value is -2.61. The summed E-state index contributed by atoms with van der Waals surface area (Å²) >= 11 is 0.